The molecule has 0 atom stereocenters. The second-order valence-electron chi connectivity index (χ2n) is 7.02. The number of fused-ring (bicyclic) bond motifs is 2. The van der Waals surface area contributed by atoms with Gasteiger partial charge in [-0.25, -0.2) is 9.79 Å². The molecular weight excluding hydrogens is 420 g/mol. The highest BCUT2D eigenvalue weighted by molar-refractivity contribution is 7.07. The van der Waals surface area contributed by atoms with E-state index in [9.17, 15) is 19.5 Å². The van der Waals surface area contributed by atoms with Gasteiger partial charge in [0.1, 0.15) is 23.6 Å². The first-order valence-corrected chi connectivity index (χ1v) is 10.1. The fraction of sp³-hybridized carbons (Fsp3) is 0.143. The molecule has 0 saturated carbocycles. The molecule has 9 nitrogen and oxygen atoms in total. The first-order chi connectivity index (χ1) is 15.0. The molecule has 156 valence electrons. The van der Waals surface area contributed by atoms with Gasteiger partial charge >= 0.3 is 5.97 Å². The van der Waals surface area contributed by atoms with Crippen molar-refractivity contribution in [3.8, 4) is 5.75 Å². The molecule has 0 bridgehead atoms. The van der Waals surface area contributed by atoms with Crippen LogP contribution in [0.2, 0.25) is 0 Å². The number of methoxy groups -OCH3 is 1. The maximum Gasteiger partial charge on any atom is 0.335 e. The lowest BCUT2D eigenvalue weighted by molar-refractivity contribution is -0.110. The highest BCUT2D eigenvalue weighted by atomic mass is 32.1. The summed E-state index contributed by atoms with van der Waals surface area (Å²) in [5.41, 5.74) is 2.04. The Bertz CT molecular complexity index is 1440. The van der Waals surface area contributed by atoms with Crippen molar-refractivity contribution in [1.29, 1.82) is 0 Å². The molecule has 2 N–H and O–H groups in total. The second-order valence-corrected chi connectivity index (χ2v) is 8.00. The number of nitrogens with zero attached hydrogens (tertiary/aromatic N) is 3. The van der Waals surface area contributed by atoms with E-state index in [1.807, 2.05) is 0 Å². The molecule has 0 radical (unpaired) electrons. The van der Waals surface area contributed by atoms with Crippen molar-refractivity contribution < 1.29 is 19.4 Å². The average Bonchev–Trinajstić information content (AvgIpc) is 3.28. The van der Waals surface area contributed by atoms with Gasteiger partial charge in [0.05, 0.1) is 18.2 Å². The highest BCUT2D eigenvalue weighted by Gasteiger charge is 2.28. The molecule has 10 heteroatoms. The Morgan fingerprint density at radius 3 is 2.84 bits per heavy atom. The van der Waals surface area contributed by atoms with Crippen molar-refractivity contribution in [2.45, 2.75) is 6.67 Å². The summed E-state index contributed by atoms with van der Waals surface area (Å²) < 4.78 is 7.07. The molecule has 0 spiro atoms. The Morgan fingerprint density at radius 1 is 1.23 bits per heavy atom. The van der Waals surface area contributed by atoms with Crippen molar-refractivity contribution in [2.75, 3.05) is 24.0 Å². The zero-order valence-corrected chi connectivity index (χ0v) is 17.1. The number of thiazole rings is 1. The third-order valence-corrected chi connectivity index (χ3v) is 6.32. The summed E-state index contributed by atoms with van der Waals surface area (Å²) in [7, 11) is 1.54. The number of carboxylic acid groups (broad SMARTS) is 1. The minimum atomic E-state index is -1.02. The molecule has 0 unspecified atom stereocenters. The summed E-state index contributed by atoms with van der Waals surface area (Å²) in [6.45, 7) is 0.478. The van der Waals surface area contributed by atoms with Gasteiger partial charge in [0.2, 0.25) is 0 Å². The van der Waals surface area contributed by atoms with E-state index in [0.717, 1.165) is 0 Å². The molecule has 3 heterocycles. The molecule has 0 fully saturated rings. The van der Waals surface area contributed by atoms with Crippen LogP contribution in [0.15, 0.2) is 52.3 Å². The standard InChI is InChI=1S/C21H16N4O5S/c1-30-13-5-6-15-14(8-13)16(18(26)23-15)17-19(27)25-10-24(9-22-21(25)31-17)12-4-2-3-11(7-12)20(28)29/h2-8H,9-10H2,1H3,(H,23,26)(H,28,29)/b17-16-. The van der Waals surface area contributed by atoms with Gasteiger partial charge in [-0.3, -0.25) is 14.2 Å². The highest BCUT2D eigenvalue weighted by Crippen LogP contribution is 2.33. The first-order valence-electron chi connectivity index (χ1n) is 9.33. The van der Waals surface area contributed by atoms with Crippen LogP contribution in [0.25, 0.3) is 5.57 Å². The zero-order valence-electron chi connectivity index (χ0n) is 16.3. The number of rotatable bonds is 3. The van der Waals surface area contributed by atoms with Crippen LogP contribution in [0.1, 0.15) is 15.9 Å². The third kappa shape index (κ3) is 3.08. The van der Waals surface area contributed by atoms with Gasteiger partial charge < -0.3 is 20.1 Å². The number of hydrogen-bond acceptors (Lipinski definition) is 7. The Morgan fingerprint density at radius 2 is 2.06 bits per heavy atom. The van der Waals surface area contributed by atoms with Crippen LogP contribution in [0.5, 0.6) is 5.75 Å². The number of nitrogens with one attached hydrogen (secondary N) is 1. The zero-order chi connectivity index (χ0) is 21.7. The van der Waals surface area contributed by atoms with Crippen LogP contribution >= 0.6 is 11.3 Å². The van der Waals surface area contributed by atoms with Crippen molar-refractivity contribution >= 4 is 40.2 Å². The predicted octanol–water partition coefficient (Wildman–Crippen LogP) is 0.822. The molecule has 0 saturated heterocycles. The molecule has 2 aliphatic rings. The Hall–Kier alpha value is -3.92. The fourth-order valence-corrected chi connectivity index (χ4v) is 4.72. The topological polar surface area (TPSA) is 113 Å². The number of ether oxygens (including phenoxy) is 1. The van der Waals surface area contributed by atoms with E-state index in [-0.39, 0.29) is 30.4 Å². The third-order valence-electron chi connectivity index (χ3n) is 5.21. The van der Waals surface area contributed by atoms with Crippen molar-refractivity contribution in [3.63, 3.8) is 0 Å². The van der Waals surface area contributed by atoms with Crippen LogP contribution in [-0.4, -0.2) is 35.3 Å². The lowest BCUT2D eigenvalue weighted by Crippen LogP contribution is -2.43. The van der Waals surface area contributed by atoms with Crippen molar-refractivity contribution in [1.82, 2.24) is 4.57 Å². The maximum atomic E-state index is 13.2. The molecule has 0 aliphatic carbocycles. The number of carboxylic acids is 1. The number of benzene rings is 2. The Kier molecular flexibility index (Phi) is 4.36. The van der Waals surface area contributed by atoms with Gasteiger partial charge in [0.25, 0.3) is 11.5 Å². The van der Waals surface area contributed by atoms with E-state index in [1.54, 1.807) is 41.3 Å². The summed E-state index contributed by atoms with van der Waals surface area (Å²) in [5.74, 6) is -0.780. The van der Waals surface area contributed by atoms with Crippen LogP contribution in [-0.2, 0) is 11.5 Å². The lowest BCUT2D eigenvalue weighted by atomic mass is 10.1. The summed E-state index contributed by atoms with van der Waals surface area (Å²) in [5, 5.41) is 12.0. The van der Waals surface area contributed by atoms with Crippen LogP contribution in [0.4, 0.5) is 11.4 Å². The van der Waals surface area contributed by atoms with Gasteiger partial charge in [0, 0.05) is 16.9 Å². The van der Waals surface area contributed by atoms with Gasteiger partial charge in [-0.1, -0.05) is 17.4 Å². The molecule has 3 aromatic rings. The van der Waals surface area contributed by atoms with Gasteiger partial charge in [-0.2, -0.15) is 0 Å². The van der Waals surface area contributed by atoms with E-state index < -0.39 is 5.97 Å². The van der Waals surface area contributed by atoms with Gasteiger partial charge in [-0.05, 0) is 36.4 Å². The minimum absolute atomic E-state index is 0.158. The molecule has 5 rings (SSSR count). The molecular formula is C21H16N4O5S. The van der Waals surface area contributed by atoms with Crippen molar-refractivity contribution in [2.24, 2.45) is 4.99 Å². The Labute approximate surface area is 179 Å². The fourth-order valence-electron chi connectivity index (χ4n) is 3.66. The molecule has 2 aromatic carbocycles. The van der Waals surface area contributed by atoms with E-state index >= 15 is 0 Å². The minimum Gasteiger partial charge on any atom is -0.497 e. The average molecular weight is 436 g/mol. The number of hydrogen-bond donors (Lipinski definition) is 2. The molecule has 1 amide bonds. The molecule has 31 heavy (non-hydrogen) atoms. The number of amides is 1. The monoisotopic (exact) mass is 436 g/mol. The number of aromatic carboxylic acids is 1. The molecule has 1 aromatic heterocycles. The van der Waals surface area contributed by atoms with Crippen LogP contribution in [0, 0.1) is 0 Å². The smallest absolute Gasteiger partial charge is 0.335 e. The first kappa shape index (κ1) is 19.1. The van der Waals surface area contributed by atoms with E-state index in [0.29, 0.717) is 37.6 Å². The maximum absolute atomic E-state index is 13.2. The lowest BCUT2D eigenvalue weighted by Gasteiger charge is -2.25. The van der Waals surface area contributed by atoms with E-state index in [4.69, 9.17) is 4.74 Å². The second kappa shape index (κ2) is 7.10. The van der Waals surface area contributed by atoms with Crippen molar-refractivity contribution in [3.05, 3.63) is 73.3 Å². The summed E-state index contributed by atoms with van der Waals surface area (Å²) in [6, 6.07) is 11.7. The van der Waals surface area contributed by atoms with Gasteiger partial charge in [0.15, 0.2) is 4.80 Å². The normalized spacial score (nSPS) is 16.3. The number of anilines is 2. The van der Waals surface area contributed by atoms with Crippen LogP contribution < -0.4 is 29.8 Å². The summed E-state index contributed by atoms with van der Waals surface area (Å²) in [6.07, 6.45) is 0. The summed E-state index contributed by atoms with van der Waals surface area (Å²) >= 11 is 1.17. The SMILES string of the molecule is COc1ccc2c(c1)/C(=c1/sc3n(c1=O)CN(c1cccc(C(=O)O)c1)CN=3)C(=O)N2. The number of aromatic nitrogens is 1. The van der Waals surface area contributed by atoms with Gasteiger partial charge in [-0.15, -0.1) is 0 Å². The molecule has 2 aliphatic heterocycles. The largest absolute Gasteiger partial charge is 0.497 e. The predicted molar refractivity (Wildman–Crippen MR) is 114 cm³/mol. The van der Waals surface area contributed by atoms with Crippen LogP contribution in [0.3, 0.4) is 0 Å². The summed E-state index contributed by atoms with van der Waals surface area (Å²) in [4.78, 5) is 43.9. The van der Waals surface area contributed by atoms with E-state index in [1.165, 1.54) is 29.1 Å². The quantitative estimate of drug-likeness (QED) is 0.629. The van der Waals surface area contributed by atoms with E-state index in [2.05, 4.69) is 10.3 Å². The number of carbonyl (C=O) groups excluding carboxylic acids is 1. The Balaban J connectivity index is 1.61. The number of carbonyl (C=O) groups is 2.